The molecule has 26 heavy (non-hydrogen) atoms. The van der Waals surface area contributed by atoms with Crippen molar-refractivity contribution in [2.45, 2.75) is 34.6 Å². The van der Waals surface area contributed by atoms with Crippen molar-refractivity contribution in [3.8, 4) is 0 Å². The molecule has 0 aromatic rings. The molecule has 0 heterocycles. The fraction of sp³-hybridized carbons (Fsp3) is 0.500. The molecular formula is C10H23NaO14S. The van der Waals surface area contributed by atoms with Crippen LogP contribution in [0.15, 0.2) is 0 Å². The molecule has 16 heteroatoms. The summed E-state index contributed by atoms with van der Waals surface area (Å²) in [6, 6.07) is 0. The predicted molar refractivity (Wildman–Crippen MR) is 81.8 cm³/mol. The standard InChI is InChI=1S/5C2H4O2.Na.H2O4S.H/c5*1-2(3)4;;1-5(2,3)4;/h5*1H3,(H,3,4);;(H2,1,2,3,4);/q;;;;;+1;;-1. The molecule has 0 fully saturated rings. The quantitative estimate of drug-likeness (QED) is 0.151. The molecule has 0 aliphatic rings. The second-order valence-corrected chi connectivity index (χ2v) is 3.94. The molecule has 0 aromatic heterocycles. The van der Waals surface area contributed by atoms with E-state index in [4.69, 9.17) is 67.0 Å². The smallest absolute Gasteiger partial charge is 1.00 e. The first-order valence-corrected chi connectivity index (χ1v) is 6.73. The summed E-state index contributed by atoms with van der Waals surface area (Å²) in [5, 5.41) is 37.1. The third-order valence-electron chi connectivity index (χ3n) is 0. The molecule has 0 unspecified atom stereocenters. The van der Waals surface area contributed by atoms with Crippen LogP contribution in [0, 0.1) is 0 Å². The van der Waals surface area contributed by atoms with Crippen LogP contribution in [-0.2, 0) is 34.4 Å². The average Bonchev–Trinajstić information content (AvgIpc) is 2.06. The number of hydrogen-bond acceptors (Lipinski definition) is 7. The van der Waals surface area contributed by atoms with Crippen LogP contribution in [0.1, 0.15) is 36.0 Å². The first-order chi connectivity index (χ1) is 10.7. The van der Waals surface area contributed by atoms with E-state index in [2.05, 4.69) is 0 Å². The Kier molecular flexibility index (Phi) is 52.6. The molecule has 0 rings (SSSR count). The van der Waals surface area contributed by atoms with E-state index in [0.717, 1.165) is 34.6 Å². The van der Waals surface area contributed by atoms with E-state index in [1.807, 2.05) is 0 Å². The van der Waals surface area contributed by atoms with Crippen LogP contribution in [0.2, 0.25) is 0 Å². The van der Waals surface area contributed by atoms with Crippen LogP contribution in [0.3, 0.4) is 0 Å². The van der Waals surface area contributed by atoms with E-state index in [1.54, 1.807) is 0 Å². The molecular weight excluding hydrogens is 399 g/mol. The average molecular weight is 422 g/mol. The largest absolute Gasteiger partial charge is 1.00 e. The molecule has 14 nitrogen and oxygen atoms in total. The summed E-state index contributed by atoms with van der Waals surface area (Å²) in [5.41, 5.74) is 0. The Bertz CT molecular complexity index is 392. The van der Waals surface area contributed by atoms with Gasteiger partial charge >= 0.3 is 40.0 Å². The number of hydrogen-bond donors (Lipinski definition) is 7. The van der Waals surface area contributed by atoms with E-state index in [1.165, 1.54) is 0 Å². The third kappa shape index (κ3) is 3160. The van der Waals surface area contributed by atoms with Crippen molar-refractivity contribution in [2.75, 3.05) is 0 Å². The number of carboxylic acids is 5. The summed E-state index contributed by atoms with van der Waals surface area (Å²) in [5.74, 6) is -4.17. The molecule has 7 N–H and O–H groups in total. The van der Waals surface area contributed by atoms with Crippen LogP contribution in [0.5, 0.6) is 0 Å². The van der Waals surface area contributed by atoms with Crippen molar-refractivity contribution >= 4 is 40.2 Å². The van der Waals surface area contributed by atoms with Crippen molar-refractivity contribution in [3.05, 3.63) is 0 Å². The van der Waals surface area contributed by atoms with E-state index in [9.17, 15) is 0 Å². The molecule has 0 saturated heterocycles. The Morgan fingerprint density at radius 2 is 0.538 bits per heavy atom. The molecule has 0 bridgehead atoms. The Hall–Kier alpha value is -1.78. The van der Waals surface area contributed by atoms with Gasteiger partial charge in [-0.15, -0.1) is 0 Å². The number of carboxylic acid groups (broad SMARTS) is 5. The van der Waals surface area contributed by atoms with Gasteiger partial charge in [0.15, 0.2) is 0 Å². The zero-order valence-corrected chi connectivity index (χ0v) is 17.7. The zero-order valence-electron chi connectivity index (χ0n) is 15.9. The summed E-state index contributed by atoms with van der Waals surface area (Å²) in [6.07, 6.45) is 0. The molecule has 0 radical (unpaired) electrons. The van der Waals surface area contributed by atoms with Gasteiger partial charge in [-0.2, -0.15) is 8.42 Å². The summed E-state index contributed by atoms with van der Waals surface area (Å²) in [4.78, 5) is 45.0. The Balaban J connectivity index is -0.0000000264. The van der Waals surface area contributed by atoms with Crippen LogP contribution >= 0.6 is 0 Å². The summed E-state index contributed by atoms with van der Waals surface area (Å²) < 4.78 is 31.6. The summed E-state index contributed by atoms with van der Waals surface area (Å²) in [6.45, 7) is 5.42. The van der Waals surface area contributed by atoms with Gasteiger partial charge in [0.05, 0.1) is 0 Å². The molecule has 0 aromatic carbocycles. The van der Waals surface area contributed by atoms with Gasteiger partial charge in [-0.05, 0) is 0 Å². The van der Waals surface area contributed by atoms with E-state index in [0.29, 0.717) is 0 Å². The van der Waals surface area contributed by atoms with E-state index < -0.39 is 40.2 Å². The van der Waals surface area contributed by atoms with Crippen LogP contribution in [0.4, 0.5) is 0 Å². The summed E-state index contributed by atoms with van der Waals surface area (Å²) >= 11 is 0. The minimum absolute atomic E-state index is 0. The molecule has 0 aliphatic heterocycles. The third-order valence-corrected chi connectivity index (χ3v) is 0. The first kappa shape index (κ1) is 44.0. The fourth-order valence-corrected chi connectivity index (χ4v) is 0. The maximum atomic E-state index is 9.00. The van der Waals surface area contributed by atoms with Crippen molar-refractivity contribution < 1.29 is 98.0 Å². The molecule has 154 valence electrons. The van der Waals surface area contributed by atoms with Gasteiger partial charge in [0, 0.05) is 34.6 Å². The van der Waals surface area contributed by atoms with Crippen LogP contribution < -0.4 is 29.6 Å². The number of aliphatic carboxylic acids is 5. The predicted octanol–water partition coefficient (Wildman–Crippen LogP) is -3.08. The van der Waals surface area contributed by atoms with Gasteiger partial charge in [-0.1, -0.05) is 0 Å². The van der Waals surface area contributed by atoms with Gasteiger partial charge in [0.2, 0.25) is 0 Å². The van der Waals surface area contributed by atoms with Gasteiger partial charge in [-0.25, -0.2) is 0 Å². The van der Waals surface area contributed by atoms with E-state index >= 15 is 0 Å². The van der Waals surface area contributed by atoms with Crippen LogP contribution in [-0.4, -0.2) is 72.9 Å². The number of carbonyl (C=O) groups is 5. The molecule has 0 aliphatic carbocycles. The monoisotopic (exact) mass is 422 g/mol. The van der Waals surface area contributed by atoms with Gasteiger partial charge < -0.3 is 27.0 Å². The van der Waals surface area contributed by atoms with E-state index in [-0.39, 0.29) is 31.0 Å². The van der Waals surface area contributed by atoms with Gasteiger partial charge in [0.1, 0.15) is 0 Å². The first-order valence-electron chi connectivity index (χ1n) is 5.34. The Labute approximate surface area is 172 Å². The SMILES string of the molecule is CC(=O)O.CC(=O)O.CC(=O)O.CC(=O)O.CC(=O)O.O=S(=O)(O)O.[H-].[Na+]. The maximum absolute atomic E-state index is 9.00. The van der Waals surface area contributed by atoms with Crippen LogP contribution in [0.25, 0.3) is 0 Å². The van der Waals surface area contributed by atoms with Crippen molar-refractivity contribution in [2.24, 2.45) is 0 Å². The van der Waals surface area contributed by atoms with Gasteiger partial charge in [-0.3, -0.25) is 33.1 Å². The second kappa shape index (κ2) is 31.0. The molecule has 0 spiro atoms. The van der Waals surface area contributed by atoms with Gasteiger partial charge in [0.25, 0.3) is 29.8 Å². The second-order valence-electron chi connectivity index (χ2n) is 3.04. The Morgan fingerprint density at radius 3 is 0.538 bits per heavy atom. The minimum Gasteiger partial charge on any atom is -1.00 e. The molecule has 0 atom stereocenters. The Morgan fingerprint density at radius 1 is 0.538 bits per heavy atom. The topological polar surface area (TPSA) is 261 Å². The maximum Gasteiger partial charge on any atom is 1.00 e. The fourth-order valence-electron chi connectivity index (χ4n) is 0. The van der Waals surface area contributed by atoms with Crippen molar-refractivity contribution in [3.63, 3.8) is 0 Å². The molecule has 0 amide bonds. The zero-order chi connectivity index (χ0) is 22.4. The summed E-state index contributed by atoms with van der Waals surface area (Å²) in [7, 11) is -4.67. The number of rotatable bonds is 0. The molecule has 0 saturated carbocycles. The van der Waals surface area contributed by atoms with Crippen molar-refractivity contribution in [1.82, 2.24) is 0 Å². The minimum atomic E-state index is -4.67. The normalized spacial score (nSPS) is 7.04. The van der Waals surface area contributed by atoms with Crippen molar-refractivity contribution in [1.29, 1.82) is 0 Å².